The molecule has 0 saturated heterocycles. The minimum Gasteiger partial charge on any atom is -0.497 e. The average molecular weight is 247 g/mol. The van der Waals surface area contributed by atoms with E-state index in [1.807, 2.05) is 0 Å². The van der Waals surface area contributed by atoms with Crippen LogP contribution < -0.4 is 15.0 Å². The summed E-state index contributed by atoms with van der Waals surface area (Å²) in [5.41, 5.74) is 0.398. The molecule has 0 amide bonds. The van der Waals surface area contributed by atoms with Crippen LogP contribution in [0.25, 0.3) is 10.9 Å². The molecule has 0 unspecified atom stereocenters. The van der Waals surface area contributed by atoms with Gasteiger partial charge in [-0.2, -0.15) is 0 Å². The van der Waals surface area contributed by atoms with Crippen molar-refractivity contribution in [2.45, 2.75) is 0 Å². The Kier molecular flexibility index (Phi) is 3.06. The van der Waals surface area contributed by atoms with E-state index in [0.29, 0.717) is 23.3 Å². The van der Waals surface area contributed by atoms with Gasteiger partial charge in [0.15, 0.2) is 6.29 Å². The Morgan fingerprint density at radius 2 is 1.89 bits per heavy atom. The molecule has 0 aliphatic carbocycles. The number of carbonyl (C=O) groups excluding carboxylic acids is 1. The number of hydrogen-bond donors (Lipinski definition) is 0. The number of fused-ring (bicyclic) bond motifs is 1. The summed E-state index contributed by atoms with van der Waals surface area (Å²) in [6.45, 7) is 0. The van der Waals surface area contributed by atoms with Crippen molar-refractivity contribution >= 4 is 17.2 Å². The first-order chi connectivity index (χ1) is 8.62. The van der Waals surface area contributed by atoms with Gasteiger partial charge in [-0.25, -0.2) is 0 Å². The maximum absolute atomic E-state index is 11.9. The van der Waals surface area contributed by atoms with E-state index in [-0.39, 0.29) is 11.1 Å². The monoisotopic (exact) mass is 247 g/mol. The molecule has 1 aromatic heterocycles. The number of methoxy groups -OCH3 is 2. The first-order valence-corrected chi connectivity index (χ1v) is 5.33. The van der Waals surface area contributed by atoms with Crippen LogP contribution in [0.4, 0.5) is 0 Å². The lowest BCUT2D eigenvalue weighted by atomic mass is 10.1. The Morgan fingerprint density at radius 1 is 1.17 bits per heavy atom. The van der Waals surface area contributed by atoms with Crippen molar-refractivity contribution in [1.82, 2.24) is 4.57 Å². The Bertz CT molecular complexity index is 673. The van der Waals surface area contributed by atoms with Gasteiger partial charge in [-0.15, -0.1) is 0 Å². The summed E-state index contributed by atoms with van der Waals surface area (Å²) in [5, 5.41) is 0.718. The second kappa shape index (κ2) is 4.52. The van der Waals surface area contributed by atoms with Crippen LogP contribution in [0, 0.1) is 0 Å². The number of aromatic nitrogens is 1. The Hall–Kier alpha value is -2.30. The van der Waals surface area contributed by atoms with E-state index >= 15 is 0 Å². The third-order valence-corrected chi connectivity index (χ3v) is 2.86. The van der Waals surface area contributed by atoms with Crippen molar-refractivity contribution in [1.29, 1.82) is 0 Å². The van der Waals surface area contributed by atoms with E-state index in [1.54, 1.807) is 26.3 Å². The van der Waals surface area contributed by atoms with Gasteiger partial charge >= 0.3 is 0 Å². The number of ether oxygens (including phenoxy) is 2. The van der Waals surface area contributed by atoms with Crippen LogP contribution in [0.5, 0.6) is 11.5 Å². The fourth-order valence-corrected chi connectivity index (χ4v) is 1.95. The smallest absolute Gasteiger partial charge is 0.261 e. The van der Waals surface area contributed by atoms with E-state index in [0.717, 1.165) is 5.39 Å². The molecule has 18 heavy (non-hydrogen) atoms. The van der Waals surface area contributed by atoms with Crippen molar-refractivity contribution in [2.24, 2.45) is 7.05 Å². The standard InChI is InChI=1S/C13H13NO4/c1-14-12-8(4-9(7-15)13(14)16)5-10(17-2)6-11(12)18-3/h4-7H,1-3H3. The summed E-state index contributed by atoms with van der Waals surface area (Å²) < 4.78 is 11.8. The number of carbonyl (C=O) groups is 1. The third-order valence-electron chi connectivity index (χ3n) is 2.86. The largest absolute Gasteiger partial charge is 0.497 e. The van der Waals surface area contributed by atoms with E-state index in [9.17, 15) is 9.59 Å². The van der Waals surface area contributed by atoms with Gasteiger partial charge in [0.2, 0.25) is 0 Å². The summed E-state index contributed by atoms with van der Waals surface area (Å²) in [5.74, 6) is 1.14. The van der Waals surface area contributed by atoms with Gasteiger partial charge in [0.05, 0.1) is 25.3 Å². The molecule has 0 bridgehead atoms. The molecule has 0 spiro atoms. The molecule has 0 aliphatic rings. The first kappa shape index (κ1) is 12.2. The van der Waals surface area contributed by atoms with Crippen LogP contribution in [0.15, 0.2) is 23.0 Å². The van der Waals surface area contributed by atoms with Crippen molar-refractivity contribution in [3.05, 3.63) is 34.1 Å². The molecule has 2 rings (SSSR count). The van der Waals surface area contributed by atoms with Gasteiger partial charge < -0.3 is 14.0 Å². The Balaban J connectivity index is 2.96. The summed E-state index contributed by atoms with van der Waals surface area (Å²) in [7, 11) is 4.67. The van der Waals surface area contributed by atoms with Gasteiger partial charge in [-0.3, -0.25) is 9.59 Å². The lowest BCUT2D eigenvalue weighted by molar-refractivity contribution is 0.112. The lowest BCUT2D eigenvalue weighted by Gasteiger charge is -2.12. The van der Waals surface area contributed by atoms with Gasteiger partial charge in [-0.05, 0) is 12.1 Å². The number of pyridine rings is 1. The SMILES string of the molecule is COc1cc(OC)c2c(c1)cc(C=O)c(=O)n2C. The Morgan fingerprint density at radius 3 is 2.44 bits per heavy atom. The highest BCUT2D eigenvalue weighted by Crippen LogP contribution is 2.30. The third kappa shape index (κ3) is 1.73. The highest BCUT2D eigenvalue weighted by atomic mass is 16.5. The normalized spacial score (nSPS) is 10.4. The van der Waals surface area contributed by atoms with Crippen LogP contribution in [-0.4, -0.2) is 25.1 Å². The molecule has 1 heterocycles. The number of benzene rings is 1. The predicted molar refractivity (Wildman–Crippen MR) is 67.7 cm³/mol. The first-order valence-electron chi connectivity index (χ1n) is 5.33. The average Bonchev–Trinajstić information content (AvgIpc) is 2.41. The van der Waals surface area contributed by atoms with Crippen LogP contribution in [0.3, 0.4) is 0 Å². The van der Waals surface area contributed by atoms with Crippen molar-refractivity contribution in [3.63, 3.8) is 0 Å². The van der Waals surface area contributed by atoms with Crippen molar-refractivity contribution in [3.8, 4) is 11.5 Å². The predicted octanol–water partition coefficient (Wildman–Crippen LogP) is 1.37. The zero-order valence-electron chi connectivity index (χ0n) is 10.4. The molecule has 1 aromatic carbocycles. The molecule has 0 radical (unpaired) electrons. The Labute approximate surface area is 104 Å². The highest BCUT2D eigenvalue weighted by Gasteiger charge is 2.12. The molecule has 5 heteroatoms. The van der Waals surface area contributed by atoms with Crippen molar-refractivity contribution < 1.29 is 14.3 Å². The van der Waals surface area contributed by atoms with Crippen LogP contribution in [-0.2, 0) is 7.05 Å². The topological polar surface area (TPSA) is 57.5 Å². The maximum Gasteiger partial charge on any atom is 0.261 e. The quantitative estimate of drug-likeness (QED) is 0.769. The molecule has 0 fully saturated rings. The van der Waals surface area contributed by atoms with E-state index in [1.165, 1.54) is 17.7 Å². The minimum absolute atomic E-state index is 0.111. The second-order valence-corrected chi connectivity index (χ2v) is 3.85. The lowest BCUT2D eigenvalue weighted by Crippen LogP contribution is -2.21. The van der Waals surface area contributed by atoms with Crippen LogP contribution >= 0.6 is 0 Å². The van der Waals surface area contributed by atoms with E-state index in [2.05, 4.69) is 0 Å². The van der Waals surface area contributed by atoms with Gasteiger partial charge in [0, 0.05) is 18.5 Å². The van der Waals surface area contributed by atoms with E-state index < -0.39 is 0 Å². The number of aryl methyl sites for hydroxylation is 1. The molecule has 0 atom stereocenters. The highest BCUT2D eigenvalue weighted by molar-refractivity contribution is 5.91. The fraction of sp³-hybridized carbons (Fsp3) is 0.231. The number of nitrogens with zero attached hydrogens (tertiary/aromatic N) is 1. The molecule has 0 saturated carbocycles. The summed E-state index contributed by atoms with van der Waals surface area (Å²) >= 11 is 0. The molecule has 94 valence electrons. The zero-order valence-corrected chi connectivity index (χ0v) is 10.4. The second-order valence-electron chi connectivity index (χ2n) is 3.85. The fourth-order valence-electron chi connectivity index (χ4n) is 1.95. The molecule has 2 aromatic rings. The van der Waals surface area contributed by atoms with Gasteiger partial charge in [0.25, 0.3) is 5.56 Å². The molecule has 5 nitrogen and oxygen atoms in total. The molecule has 0 aliphatic heterocycles. The zero-order chi connectivity index (χ0) is 13.3. The number of hydrogen-bond acceptors (Lipinski definition) is 4. The molecule has 0 N–H and O–H groups in total. The maximum atomic E-state index is 11.9. The number of rotatable bonds is 3. The van der Waals surface area contributed by atoms with Crippen molar-refractivity contribution in [2.75, 3.05) is 14.2 Å². The van der Waals surface area contributed by atoms with E-state index in [4.69, 9.17) is 9.47 Å². The summed E-state index contributed by atoms with van der Waals surface area (Å²) in [6.07, 6.45) is 0.549. The minimum atomic E-state index is -0.346. The molecular formula is C13H13NO4. The van der Waals surface area contributed by atoms with Gasteiger partial charge in [-0.1, -0.05) is 0 Å². The van der Waals surface area contributed by atoms with Crippen LogP contribution in [0.1, 0.15) is 10.4 Å². The van der Waals surface area contributed by atoms with Gasteiger partial charge in [0.1, 0.15) is 11.5 Å². The molecular weight excluding hydrogens is 234 g/mol. The van der Waals surface area contributed by atoms with Crippen LogP contribution in [0.2, 0.25) is 0 Å². The summed E-state index contributed by atoms with van der Waals surface area (Å²) in [6, 6.07) is 4.99. The summed E-state index contributed by atoms with van der Waals surface area (Å²) in [4.78, 5) is 22.7. The number of aldehydes is 1.